The minimum Gasteiger partial charge on any atom is -0.501 e. The van der Waals surface area contributed by atoms with Crippen molar-refractivity contribution in [1.82, 2.24) is 0 Å². The Kier molecular flexibility index (Phi) is 8.12. The second kappa shape index (κ2) is 9.36. The molecule has 0 aliphatic carbocycles. The molecule has 1 atom stereocenters. The summed E-state index contributed by atoms with van der Waals surface area (Å²) in [6.07, 6.45) is 4.45. The van der Waals surface area contributed by atoms with E-state index in [1.165, 1.54) is 12.5 Å². The molecule has 1 rings (SSSR count). The highest BCUT2D eigenvalue weighted by Crippen LogP contribution is 2.14. The SMILES string of the molecule is COC=COCCO[Si](C)(C)CCCOCC1CO1. The van der Waals surface area contributed by atoms with E-state index < -0.39 is 8.32 Å². The zero-order valence-corrected chi connectivity index (χ0v) is 13.2. The van der Waals surface area contributed by atoms with Crippen molar-refractivity contribution in [2.75, 3.05) is 40.1 Å². The molecule has 1 unspecified atom stereocenters. The van der Waals surface area contributed by atoms with Crippen LogP contribution in [0.15, 0.2) is 12.5 Å². The molecule has 0 spiro atoms. The minimum atomic E-state index is -1.58. The van der Waals surface area contributed by atoms with Crippen LogP contribution >= 0.6 is 0 Å². The maximum Gasteiger partial charge on any atom is 0.187 e. The van der Waals surface area contributed by atoms with Crippen LogP contribution in [0.4, 0.5) is 0 Å². The molecule has 0 aromatic rings. The van der Waals surface area contributed by atoms with Crippen molar-refractivity contribution in [3.05, 3.63) is 12.5 Å². The number of rotatable bonds is 12. The highest BCUT2D eigenvalue weighted by atomic mass is 28.4. The summed E-state index contributed by atoms with van der Waals surface area (Å²) in [4.78, 5) is 0. The lowest BCUT2D eigenvalue weighted by Gasteiger charge is -2.22. The topological polar surface area (TPSA) is 49.5 Å². The van der Waals surface area contributed by atoms with E-state index in [-0.39, 0.29) is 0 Å². The molecule has 0 aromatic carbocycles. The molecule has 19 heavy (non-hydrogen) atoms. The zero-order valence-electron chi connectivity index (χ0n) is 12.2. The first-order valence-electron chi connectivity index (χ1n) is 6.77. The molecule has 1 fully saturated rings. The first-order chi connectivity index (χ1) is 9.14. The molecule has 5 nitrogen and oxygen atoms in total. The van der Waals surface area contributed by atoms with Crippen molar-refractivity contribution in [2.24, 2.45) is 0 Å². The Bertz CT molecular complexity index is 253. The van der Waals surface area contributed by atoms with E-state index in [1.807, 2.05) is 0 Å². The fourth-order valence-corrected chi connectivity index (χ4v) is 3.36. The number of hydrogen-bond acceptors (Lipinski definition) is 5. The van der Waals surface area contributed by atoms with Crippen molar-refractivity contribution in [3.8, 4) is 0 Å². The summed E-state index contributed by atoms with van der Waals surface area (Å²) in [5.74, 6) is 0. The molecule has 1 aliphatic rings. The van der Waals surface area contributed by atoms with Crippen LogP contribution < -0.4 is 0 Å². The lowest BCUT2D eigenvalue weighted by molar-refractivity contribution is 0.115. The van der Waals surface area contributed by atoms with E-state index in [4.69, 9.17) is 23.4 Å². The third-order valence-corrected chi connectivity index (χ3v) is 5.30. The Labute approximate surface area is 116 Å². The lowest BCUT2D eigenvalue weighted by Crippen LogP contribution is -2.32. The van der Waals surface area contributed by atoms with Gasteiger partial charge in [-0.2, -0.15) is 0 Å². The summed E-state index contributed by atoms with van der Waals surface area (Å²) in [7, 11) is 0.00714. The van der Waals surface area contributed by atoms with E-state index >= 15 is 0 Å². The first kappa shape index (κ1) is 16.5. The summed E-state index contributed by atoms with van der Waals surface area (Å²) >= 11 is 0. The van der Waals surface area contributed by atoms with Gasteiger partial charge >= 0.3 is 0 Å². The summed E-state index contributed by atoms with van der Waals surface area (Å²) < 4.78 is 26.4. The van der Waals surface area contributed by atoms with Gasteiger partial charge in [-0.25, -0.2) is 0 Å². The van der Waals surface area contributed by atoms with Gasteiger partial charge in [-0.1, -0.05) is 0 Å². The van der Waals surface area contributed by atoms with E-state index in [0.717, 1.165) is 32.3 Å². The normalized spacial score (nSPS) is 18.8. The Morgan fingerprint density at radius 1 is 1.21 bits per heavy atom. The van der Waals surface area contributed by atoms with Crippen molar-refractivity contribution < 1.29 is 23.4 Å². The van der Waals surface area contributed by atoms with Gasteiger partial charge in [0.05, 0.1) is 26.9 Å². The van der Waals surface area contributed by atoms with Gasteiger partial charge in [-0.15, -0.1) is 0 Å². The Balaban J connectivity index is 1.91. The monoisotopic (exact) mass is 290 g/mol. The van der Waals surface area contributed by atoms with Crippen LogP contribution in [-0.4, -0.2) is 54.6 Å². The Morgan fingerprint density at radius 2 is 2.00 bits per heavy atom. The molecule has 1 aliphatic heterocycles. The van der Waals surface area contributed by atoms with Crippen molar-refractivity contribution in [1.29, 1.82) is 0 Å². The van der Waals surface area contributed by atoms with E-state index in [1.54, 1.807) is 7.11 Å². The van der Waals surface area contributed by atoms with Crippen LogP contribution in [0.2, 0.25) is 19.1 Å². The quantitative estimate of drug-likeness (QED) is 0.238. The van der Waals surface area contributed by atoms with Gasteiger partial charge in [0.1, 0.15) is 25.2 Å². The average molecular weight is 290 g/mol. The Hall–Kier alpha value is -0.563. The van der Waals surface area contributed by atoms with Crippen molar-refractivity contribution in [2.45, 2.75) is 31.7 Å². The standard InChI is InChI=1S/C13H26O5Si/c1-14-6-7-15-8-9-18-19(2,3)10-4-5-16-11-13-12-17-13/h6-7,13H,4-5,8-12H2,1-3H3. The predicted octanol–water partition coefficient (Wildman–Crippen LogP) is 2.15. The summed E-state index contributed by atoms with van der Waals surface area (Å²) in [5.41, 5.74) is 0. The Morgan fingerprint density at radius 3 is 2.68 bits per heavy atom. The van der Waals surface area contributed by atoms with Gasteiger partial charge in [-0.05, 0) is 25.6 Å². The summed E-state index contributed by atoms with van der Waals surface area (Å²) in [6, 6.07) is 1.10. The molecule has 6 heteroatoms. The van der Waals surface area contributed by atoms with Crippen molar-refractivity contribution >= 4 is 8.32 Å². The largest absolute Gasteiger partial charge is 0.501 e. The fraction of sp³-hybridized carbons (Fsp3) is 0.846. The second-order valence-electron chi connectivity index (χ2n) is 5.12. The number of methoxy groups -OCH3 is 1. The number of epoxide rings is 1. The molecule has 0 aromatic heterocycles. The van der Waals surface area contributed by atoms with Crippen LogP contribution in [0.25, 0.3) is 0 Å². The van der Waals surface area contributed by atoms with Gasteiger partial charge in [-0.3, -0.25) is 0 Å². The third kappa shape index (κ3) is 9.95. The van der Waals surface area contributed by atoms with Crippen molar-refractivity contribution in [3.63, 3.8) is 0 Å². The highest BCUT2D eigenvalue weighted by molar-refractivity contribution is 6.71. The smallest absolute Gasteiger partial charge is 0.187 e. The number of ether oxygens (including phenoxy) is 4. The van der Waals surface area contributed by atoms with Gasteiger partial charge in [0.15, 0.2) is 8.32 Å². The highest BCUT2D eigenvalue weighted by Gasteiger charge is 2.23. The molecule has 112 valence electrons. The molecule has 0 amide bonds. The summed E-state index contributed by atoms with van der Waals surface area (Å²) in [5, 5.41) is 0. The molecular formula is C13H26O5Si. The van der Waals surface area contributed by atoms with Crippen LogP contribution in [0.3, 0.4) is 0 Å². The average Bonchev–Trinajstić information content (AvgIpc) is 3.17. The number of hydrogen-bond donors (Lipinski definition) is 0. The van der Waals surface area contributed by atoms with Gasteiger partial charge < -0.3 is 23.4 Å². The molecule has 0 radical (unpaired) electrons. The van der Waals surface area contributed by atoms with E-state index in [2.05, 4.69) is 13.1 Å². The minimum absolute atomic E-state index is 0.360. The van der Waals surface area contributed by atoms with Gasteiger partial charge in [0.2, 0.25) is 0 Å². The second-order valence-corrected chi connectivity index (χ2v) is 9.43. The third-order valence-electron chi connectivity index (χ3n) is 2.76. The zero-order chi connectivity index (χ0) is 14.0. The van der Waals surface area contributed by atoms with Crippen LogP contribution in [0.1, 0.15) is 6.42 Å². The molecule has 0 N–H and O–H groups in total. The fourth-order valence-electron chi connectivity index (χ4n) is 1.58. The molecule has 1 heterocycles. The maximum atomic E-state index is 5.91. The molecule has 0 bridgehead atoms. The van der Waals surface area contributed by atoms with E-state index in [9.17, 15) is 0 Å². The molecule has 1 saturated heterocycles. The van der Waals surface area contributed by atoms with Gasteiger partial charge in [0.25, 0.3) is 0 Å². The molecular weight excluding hydrogens is 264 g/mol. The van der Waals surface area contributed by atoms with E-state index in [0.29, 0.717) is 19.3 Å². The predicted molar refractivity (Wildman–Crippen MR) is 75.5 cm³/mol. The maximum absolute atomic E-state index is 5.91. The lowest BCUT2D eigenvalue weighted by atomic mass is 10.5. The molecule has 0 saturated carbocycles. The van der Waals surface area contributed by atoms with Crippen LogP contribution in [0.5, 0.6) is 0 Å². The first-order valence-corrected chi connectivity index (χ1v) is 9.88. The van der Waals surface area contributed by atoms with Crippen LogP contribution in [-0.2, 0) is 23.4 Å². The summed E-state index contributed by atoms with van der Waals surface area (Å²) in [6.45, 7) is 8.04. The van der Waals surface area contributed by atoms with Gasteiger partial charge in [0, 0.05) is 6.61 Å². The van der Waals surface area contributed by atoms with Crippen LogP contribution in [0, 0.1) is 0 Å².